The Morgan fingerprint density at radius 2 is 1.78 bits per heavy atom. The summed E-state index contributed by atoms with van der Waals surface area (Å²) in [5.74, 6) is 0.669. The van der Waals surface area contributed by atoms with Crippen molar-refractivity contribution in [1.82, 2.24) is 0 Å². The van der Waals surface area contributed by atoms with Crippen LogP contribution in [0.3, 0.4) is 0 Å². The fraction of sp³-hybridized carbons (Fsp3) is 0.174. The molecule has 3 nitrogen and oxygen atoms in total. The third-order valence-corrected chi connectivity index (χ3v) is 4.94. The normalized spacial score (nSPS) is 10.5. The van der Waals surface area contributed by atoms with E-state index in [1.54, 1.807) is 18.2 Å². The lowest BCUT2D eigenvalue weighted by Crippen LogP contribution is -2.05. The summed E-state index contributed by atoms with van der Waals surface area (Å²) in [4.78, 5) is 12.7. The van der Waals surface area contributed by atoms with E-state index in [0.717, 1.165) is 22.6 Å². The lowest BCUT2D eigenvalue weighted by Gasteiger charge is -2.15. The monoisotopic (exact) mass is 379 g/mol. The standard InChI is InChI=1S/C23H22ClNO2/c1-15-7-6-10-21(25-3)19(15)14-27-22-12-11-17(13-16(22)2)23(26)18-8-4-5-9-20(18)24/h4-13,25H,14H2,1-3H3. The second-order valence-corrected chi connectivity index (χ2v) is 6.84. The van der Waals surface area contributed by atoms with Crippen LogP contribution < -0.4 is 10.1 Å². The van der Waals surface area contributed by atoms with Crippen molar-refractivity contribution >= 4 is 23.1 Å². The number of benzene rings is 3. The second-order valence-electron chi connectivity index (χ2n) is 6.43. The van der Waals surface area contributed by atoms with E-state index in [1.807, 2.05) is 50.4 Å². The number of rotatable bonds is 6. The van der Waals surface area contributed by atoms with E-state index >= 15 is 0 Å². The fourth-order valence-electron chi connectivity index (χ4n) is 3.03. The highest BCUT2D eigenvalue weighted by atomic mass is 35.5. The van der Waals surface area contributed by atoms with Crippen molar-refractivity contribution in [1.29, 1.82) is 0 Å². The summed E-state index contributed by atoms with van der Waals surface area (Å²) in [5.41, 5.74) is 5.36. The molecule has 0 aliphatic heterocycles. The molecule has 0 spiro atoms. The molecule has 0 aliphatic carbocycles. The quantitative estimate of drug-likeness (QED) is 0.549. The fourth-order valence-corrected chi connectivity index (χ4v) is 3.25. The van der Waals surface area contributed by atoms with E-state index in [4.69, 9.17) is 16.3 Å². The molecule has 0 amide bonds. The van der Waals surface area contributed by atoms with Gasteiger partial charge in [0, 0.05) is 29.4 Å². The van der Waals surface area contributed by atoms with Crippen molar-refractivity contribution in [3.63, 3.8) is 0 Å². The van der Waals surface area contributed by atoms with Gasteiger partial charge in [-0.15, -0.1) is 0 Å². The number of nitrogens with one attached hydrogen (secondary N) is 1. The zero-order valence-corrected chi connectivity index (χ0v) is 16.4. The van der Waals surface area contributed by atoms with Crippen LogP contribution in [0.25, 0.3) is 0 Å². The van der Waals surface area contributed by atoms with Gasteiger partial charge in [-0.1, -0.05) is 35.9 Å². The first-order valence-corrected chi connectivity index (χ1v) is 9.18. The Morgan fingerprint density at radius 1 is 1.00 bits per heavy atom. The predicted octanol–water partition coefficient (Wildman–Crippen LogP) is 5.81. The molecule has 0 radical (unpaired) electrons. The van der Waals surface area contributed by atoms with E-state index in [0.29, 0.717) is 22.8 Å². The minimum absolute atomic E-state index is 0.0911. The molecule has 27 heavy (non-hydrogen) atoms. The highest BCUT2D eigenvalue weighted by Crippen LogP contribution is 2.26. The molecule has 138 valence electrons. The molecule has 4 heteroatoms. The number of carbonyl (C=O) groups excluding carboxylic acids is 1. The molecule has 1 N–H and O–H groups in total. The van der Waals surface area contributed by atoms with Gasteiger partial charge in [0.2, 0.25) is 0 Å². The average molecular weight is 380 g/mol. The van der Waals surface area contributed by atoms with Crippen molar-refractivity contribution in [2.45, 2.75) is 20.5 Å². The third kappa shape index (κ3) is 4.15. The van der Waals surface area contributed by atoms with Gasteiger partial charge >= 0.3 is 0 Å². The molecule has 3 aromatic carbocycles. The summed E-state index contributed by atoms with van der Waals surface area (Å²) < 4.78 is 6.03. The van der Waals surface area contributed by atoms with Gasteiger partial charge in [0.05, 0.1) is 5.02 Å². The molecule has 3 rings (SSSR count). The first kappa shape index (κ1) is 19.0. The summed E-state index contributed by atoms with van der Waals surface area (Å²) in [5, 5.41) is 3.66. The predicted molar refractivity (Wildman–Crippen MR) is 111 cm³/mol. The first-order chi connectivity index (χ1) is 13.0. The van der Waals surface area contributed by atoms with Gasteiger partial charge in [-0.2, -0.15) is 0 Å². The topological polar surface area (TPSA) is 38.3 Å². The molecule has 0 aromatic heterocycles. The zero-order valence-electron chi connectivity index (χ0n) is 15.7. The number of hydrogen-bond acceptors (Lipinski definition) is 3. The molecule has 3 aromatic rings. The summed E-state index contributed by atoms with van der Waals surface area (Å²) in [6, 6.07) is 18.7. The number of ether oxygens (including phenoxy) is 1. The van der Waals surface area contributed by atoms with Crippen molar-refractivity contribution in [2.75, 3.05) is 12.4 Å². The van der Waals surface area contributed by atoms with Crippen LogP contribution in [-0.4, -0.2) is 12.8 Å². The minimum atomic E-state index is -0.0911. The molecule has 0 atom stereocenters. The molecule has 0 fully saturated rings. The van der Waals surface area contributed by atoms with Gasteiger partial charge in [0.1, 0.15) is 12.4 Å². The van der Waals surface area contributed by atoms with Crippen LogP contribution in [0.5, 0.6) is 5.75 Å². The Labute approximate surface area is 164 Å². The first-order valence-electron chi connectivity index (χ1n) is 8.80. The van der Waals surface area contributed by atoms with Gasteiger partial charge in [-0.25, -0.2) is 0 Å². The molecule has 0 bridgehead atoms. The van der Waals surface area contributed by atoms with Crippen molar-refractivity contribution in [3.05, 3.63) is 93.5 Å². The lowest BCUT2D eigenvalue weighted by molar-refractivity contribution is 0.103. The molecular weight excluding hydrogens is 358 g/mol. The van der Waals surface area contributed by atoms with Crippen molar-refractivity contribution in [3.8, 4) is 5.75 Å². The summed E-state index contributed by atoms with van der Waals surface area (Å²) in [6.07, 6.45) is 0. The Balaban J connectivity index is 1.80. The number of aryl methyl sites for hydroxylation is 2. The number of hydrogen-bond donors (Lipinski definition) is 1. The van der Waals surface area contributed by atoms with E-state index in [-0.39, 0.29) is 5.78 Å². The van der Waals surface area contributed by atoms with Gasteiger partial charge in [0.25, 0.3) is 0 Å². The van der Waals surface area contributed by atoms with Crippen molar-refractivity contribution in [2.24, 2.45) is 0 Å². The molecule has 0 aliphatic rings. The number of halogens is 1. The second kappa shape index (κ2) is 8.28. The number of ketones is 1. The van der Waals surface area contributed by atoms with Gasteiger partial charge in [-0.3, -0.25) is 4.79 Å². The lowest BCUT2D eigenvalue weighted by atomic mass is 10.0. The van der Waals surface area contributed by atoms with Gasteiger partial charge in [-0.05, 0) is 61.4 Å². The molecule has 0 heterocycles. The van der Waals surface area contributed by atoms with Gasteiger partial charge < -0.3 is 10.1 Å². The maximum absolute atomic E-state index is 12.7. The van der Waals surface area contributed by atoms with E-state index in [2.05, 4.69) is 18.3 Å². The molecule has 0 saturated carbocycles. The summed E-state index contributed by atoms with van der Waals surface area (Å²) >= 11 is 6.15. The minimum Gasteiger partial charge on any atom is -0.489 e. The zero-order chi connectivity index (χ0) is 19.4. The number of anilines is 1. The van der Waals surface area contributed by atoms with E-state index in [9.17, 15) is 4.79 Å². The number of carbonyl (C=O) groups is 1. The Kier molecular flexibility index (Phi) is 5.82. The third-order valence-electron chi connectivity index (χ3n) is 4.61. The SMILES string of the molecule is CNc1cccc(C)c1COc1ccc(C(=O)c2ccccc2Cl)cc1C. The Bertz CT molecular complexity index is 982. The Morgan fingerprint density at radius 3 is 2.48 bits per heavy atom. The van der Waals surface area contributed by atoms with Crippen LogP contribution in [0.1, 0.15) is 32.6 Å². The molecular formula is C23H22ClNO2. The maximum atomic E-state index is 12.7. The summed E-state index contributed by atoms with van der Waals surface area (Å²) in [6.45, 7) is 4.47. The molecule has 0 saturated heterocycles. The molecule has 0 unspecified atom stereocenters. The maximum Gasteiger partial charge on any atom is 0.194 e. The van der Waals surface area contributed by atoms with Crippen LogP contribution in [0.4, 0.5) is 5.69 Å². The highest BCUT2D eigenvalue weighted by Gasteiger charge is 2.14. The highest BCUT2D eigenvalue weighted by molar-refractivity contribution is 6.35. The van der Waals surface area contributed by atoms with Crippen LogP contribution in [0, 0.1) is 13.8 Å². The van der Waals surface area contributed by atoms with Gasteiger partial charge in [0.15, 0.2) is 5.78 Å². The largest absolute Gasteiger partial charge is 0.489 e. The van der Waals surface area contributed by atoms with E-state index < -0.39 is 0 Å². The van der Waals surface area contributed by atoms with Crippen LogP contribution >= 0.6 is 11.6 Å². The van der Waals surface area contributed by atoms with Crippen molar-refractivity contribution < 1.29 is 9.53 Å². The average Bonchev–Trinajstić information content (AvgIpc) is 2.67. The Hall–Kier alpha value is -2.78. The van der Waals surface area contributed by atoms with E-state index in [1.165, 1.54) is 5.56 Å². The van der Waals surface area contributed by atoms with Crippen LogP contribution in [0.2, 0.25) is 5.02 Å². The summed E-state index contributed by atoms with van der Waals surface area (Å²) in [7, 11) is 1.90. The van der Waals surface area contributed by atoms with Crippen LogP contribution in [0.15, 0.2) is 60.7 Å². The van der Waals surface area contributed by atoms with Crippen LogP contribution in [-0.2, 0) is 6.61 Å². The smallest absolute Gasteiger partial charge is 0.194 e.